The van der Waals surface area contributed by atoms with Gasteiger partial charge in [0.15, 0.2) is 0 Å². The molecule has 31 heavy (non-hydrogen) atoms. The van der Waals surface area contributed by atoms with Crippen molar-refractivity contribution in [3.63, 3.8) is 0 Å². The van der Waals surface area contributed by atoms with Crippen LogP contribution in [0, 0.1) is 13.8 Å². The van der Waals surface area contributed by atoms with E-state index in [0.717, 1.165) is 17.7 Å². The van der Waals surface area contributed by atoms with E-state index in [1.165, 1.54) is 0 Å². The lowest BCUT2D eigenvalue weighted by Crippen LogP contribution is -2.37. The van der Waals surface area contributed by atoms with Gasteiger partial charge in [-0.3, -0.25) is 9.59 Å². The highest BCUT2D eigenvalue weighted by atomic mass is 16.5. The van der Waals surface area contributed by atoms with Crippen molar-refractivity contribution in [1.29, 1.82) is 0 Å². The first-order valence-corrected chi connectivity index (χ1v) is 10.8. The lowest BCUT2D eigenvalue weighted by Gasteiger charge is -2.23. The zero-order chi connectivity index (χ0) is 22.1. The van der Waals surface area contributed by atoms with E-state index >= 15 is 0 Å². The van der Waals surface area contributed by atoms with Gasteiger partial charge in [-0.2, -0.15) is 0 Å². The van der Waals surface area contributed by atoms with Crippen LogP contribution >= 0.6 is 0 Å². The number of aromatic nitrogens is 2. The molecule has 0 unspecified atom stereocenters. The molecular weight excluding hydrogens is 392 g/mol. The Balaban J connectivity index is 1.57. The first kappa shape index (κ1) is 21.0. The molecule has 0 saturated carbocycles. The zero-order valence-corrected chi connectivity index (χ0v) is 18.5. The van der Waals surface area contributed by atoms with Crippen molar-refractivity contribution in [2.24, 2.45) is 0 Å². The van der Waals surface area contributed by atoms with E-state index in [1.54, 1.807) is 0 Å². The summed E-state index contributed by atoms with van der Waals surface area (Å²) in [6, 6.07) is 9.50. The SMILES string of the molecule is Cc1cccc(C(=O)N2CCCN(C(=O)c3cc(C(C)C)nc4onc(C)c34)CC2)c1. The number of pyridine rings is 1. The van der Waals surface area contributed by atoms with Crippen molar-refractivity contribution in [1.82, 2.24) is 19.9 Å². The quantitative estimate of drug-likeness (QED) is 0.641. The van der Waals surface area contributed by atoms with Crippen molar-refractivity contribution in [3.8, 4) is 0 Å². The Hall–Kier alpha value is -3.22. The summed E-state index contributed by atoms with van der Waals surface area (Å²) in [5.74, 6) is 0.111. The number of rotatable bonds is 3. The summed E-state index contributed by atoms with van der Waals surface area (Å²) in [5, 5.41) is 4.69. The molecule has 2 amide bonds. The number of amides is 2. The third-order valence-corrected chi connectivity index (χ3v) is 5.79. The van der Waals surface area contributed by atoms with Crippen molar-refractivity contribution in [2.45, 2.75) is 40.0 Å². The minimum atomic E-state index is -0.0644. The average molecular weight is 421 g/mol. The standard InChI is InChI=1S/C24H28N4O3/c1-15(2)20-14-19(21-17(4)26-31-22(21)25-20)24(30)28-10-6-9-27(11-12-28)23(29)18-8-5-7-16(3)13-18/h5,7-8,13-15H,6,9-12H2,1-4H3. The Labute approximate surface area is 182 Å². The zero-order valence-electron chi connectivity index (χ0n) is 18.5. The molecule has 0 N–H and O–H groups in total. The van der Waals surface area contributed by atoms with E-state index in [0.29, 0.717) is 54.1 Å². The minimum absolute atomic E-state index is 0.0151. The lowest BCUT2D eigenvalue weighted by atomic mass is 10.0. The molecule has 7 heteroatoms. The summed E-state index contributed by atoms with van der Waals surface area (Å²) < 4.78 is 5.36. The van der Waals surface area contributed by atoms with Gasteiger partial charge in [-0.05, 0) is 44.4 Å². The molecule has 1 aromatic carbocycles. The highest BCUT2D eigenvalue weighted by Crippen LogP contribution is 2.26. The number of carbonyl (C=O) groups is 2. The third-order valence-electron chi connectivity index (χ3n) is 5.79. The molecule has 1 fully saturated rings. The van der Waals surface area contributed by atoms with Crippen LogP contribution in [0.4, 0.5) is 0 Å². The Kier molecular flexibility index (Phi) is 5.76. The van der Waals surface area contributed by atoms with Gasteiger partial charge >= 0.3 is 0 Å². The van der Waals surface area contributed by atoms with Crippen molar-refractivity contribution >= 4 is 22.9 Å². The van der Waals surface area contributed by atoms with Crippen LogP contribution in [0.3, 0.4) is 0 Å². The fraction of sp³-hybridized carbons (Fsp3) is 0.417. The fourth-order valence-electron chi connectivity index (χ4n) is 4.03. The van der Waals surface area contributed by atoms with Crippen LogP contribution in [0.25, 0.3) is 11.1 Å². The first-order valence-electron chi connectivity index (χ1n) is 10.8. The summed E-state index contributed by atoms with van der Waals surface area (Å²) in [4.78, 5) is 34.7. The molecule has 3 heterocycles. The molecule has 0 radical (unpaired) electrons. The smallest absolute Gasteiger partial charge is 0.259 e. The van der Waals surface area contributed by atoms with Crippen molar-refractivity contribution in [2.75, 3.05) is 26.2 Å². The van der Waals surface area contributed by atoms with Crippen LogP contribution in [0.1, 0.15) is 63.9 Å². The molecule has 1 saturated heterocycles. The van der Waals surface area contributed by atoms with Crippen molar-refractivity contribution in [3.05, 3.63) is 58.4 Å². The van der Waals surface area contributed by atoms with Crippen LogP contribution in [0.15, 0.2) is 34.9 Å². The van der Waals surface area contributed by atoms with Gasteiger partial charge in [0.25, 0.3) is 17.5 Å². The summed E-state index contributed by atoms with van der Waals surface area (Å²) in [5.41, 5.74) is 4.19. The topological polar surface area (TPSA) is 79.5 Å². The van der Waals surface area contributed by atoms with Gasteiger partial charge in [-0.25, -0.2) is 4.98 Å². The fourth-order valence-corrected chi connectivity index (χ4v) is 4.03. The monoisotopic (exact) mass is 420 g/mol. The molecule has 3 aromatic rings. The van der Waals surface area contributed by atoms with E-state index in [2.05, 4.69) is 10.1 Å². The number of benzene rings is 1. The lowest BCUT2D eigenvalue weighted by molar-refractivity contribution is 0.0719. The minimum Gasteiger partial charge on any atom is -0.337 e. The van der Waals surface area contributed by atoms with Crippen LogP contribution in [0.5, 0.6) is 0 Å². The predicted molar refractivity (Wildman–Crippen MR) is 118 cm³/mol. The van der Waals surface area contributed by atoms with Gasteiger partial charge < -0.3 is 14.3 Å². The Morgan fingerprint density at radius 2 is 1.71 bits per heavy atom. The molecule has 0 aliphatic carbocycles. The normalized spacial score (nSPS) is 14.9. The van der Waals surface area contributed by atoms with Crippen molar-refractivity contribution < 1.29 is 14.1 Å². The maximum absolute atomic E-state index is 13.5. The first-order chi connectivity index (χ1) is 14.8. The van der Waals surface area contributed by atoms with E-state index in [1.807, 2.05) is 67.8 Å². The number of hydrogen-bond donors (Lipinski definition) is 0. The van der Waals surface area contributed by atoms with Crippen LogP contribution < -0.4 is 0 Å². The molecule has 2 aromatic heterocycles. The summed E-state index contributed by atoms with van der Waals surface area (Å²) >= 11 is 0. The second kappa shape index (κ2) is 8.49. The second-order valence-electron chi connectivity index (χ2n) is 8.50. The Bertz CT molecular complexity index is 1140. The number of hydrogen-bond acceptors (Lipinski definition) is 5. The molecular formula is C24H28N4O3. The Morgan fingerprint density at radius 3 is 2.39 bits per heavy atom. The summed E-state index contributed by atoms with van der Waals surface area (Å²) in [6.07, 6.45) is 0.733. The molecule has 162 valence electrons. The third kappa shape index (κ3) is 4.17. The van der Waals surface area contributed by atoms with Gasteiger partial charge in [-0.15, -0.1) is 0 Å². The van der Waals surface area contributed by atoms with Gasteiger partial charge in [-0.1, -0.05) is 36.7 Å². The molecule has 7 nitrogen and oxygen atoms in total. The highest BCUT2D eigenvalue weighted by Gasteiger charge is 2.27. The molecule has 1 aliphatic rings. The van der Waals surface area contributed by atoms with Gasteiger partial charge in [0.1, 0.15) is 0 Å². The Morgan fingerprint density at radius 1 is 1.00 bits per heavy atom. The number of fused-ring (bicyclic) bond motifs is 1. The average Bonchev–Trinajstić information content (AvgIpc) is 2.97. The molecule has 0 bridgehead atoms. The van der Waals surface area contributed by atoms with E-state index < -0.39 is 0 Å². The number of aryl methyl sites for hydroxylation is 2. The molecule has 1 aliphatic heterocycles. The van der Waals surface area contributed by atoms with E-state index in [-0.39, 0.29) is 17.7 Å². The molecule has 0 atom stereocenters. The maximum atomic E-state index is 13.5. The molecule has 4 rings (SSSR count). The summed E-state index contributed by atoms with van der Waals surface area (Å²) in [7, 11) is 0. The van der Waals surface area contributed by atoms with Crippen LogP contribution in [0.2, 0.25) is 0 Å². The largest absolute Gasteiger partial charge is 0.337 e. The summed E-state index contributed by atoms with van der Waals surface area (Å²) in [6.45, 7) is 10.1. The van der Waals surface area contributed by atoms with Gasteiger partial charge in [0.2, 0.25) is 0 Å². The maximum Gasteiger partial charge on any atom is 0.259 e. The predicted octanol–water partition coefficient (Wildman–Crippen LogP) is 3.95. The van der Waals surface area contributed by atoms with Gasteiger partial charge in [0, 0.05) is 37.4 Å². The highest BCUT2D eigenvalue weighted by molar-refractivity contribution is 6.06. The van der Waals surface area contributed by atoms with E-state index in [4.69, 9.17) is 4.52 Å². The van der Waals surface area contributed by atoms with E-state index in [9.17, 15) is 9.59 Å². The molecule has 0 spiro atoms. The van der Waals surface area contributed by atoms with Crippen LogP contribution in [-0.2, 0) is 0 Å². The van der Waals surface area contributed by atoms with Gasteiger partial charge in [0.05, 0.1) is 16.6 Å². The number of carbonyl (C=O) groups excluding carboxylic acids is 2. The van der Waals surface area contributed by atoms with Crippen LogP contribution in [-0.4, -0.2) is 57.9 Å². The second-order valence-corrected chi connectivity index (χ2v) is 8.50. The number of nitrogens with zero attached hydrogens (tertiary/aromatic N) is 4.